The third-order valence-electron chi connectivity index (χ3n) is 2.32. The smallest absolute Gasteiger partial charge is 0.0245 e. The van der Waals surface area contributed by atoms with Gasteiger partial charge >= 0.3 is 0 Å². The Morgan fingerprint density at radius 1 is 1.00 bits per heavy atom. The van der Waals surface area contributed by atoms with Crippen molar-refractivity contribution in [2.45, 2.75) is 40.0 Å². The van der Waals surface area contributed by atoms with E-state index in [1.807, 2.05) is 0 Å². The molecule has 0 aromatic heterocycles. The summed E-state index contributed by atoms with van der Waals surface area (Å²) in [7, 11) is 0. The van der Waals surface area contributed by atoms with Gasteiger partial charge in [0.15, 0.2) is 0 Å². The molecule has 0 unspecified atom stereocenters. The van der Waals surface area contributed by atoms with Gasteiger partial charge in [-0.15, -0.1) is 0 Å². The highest BCUT2D eigenvalue weighted by Gasteiger charge is 1.96. The summed E-state index contributed by atoms with van der Waals surface area (Å²) >= 11 is 0. The van der Waals surface area contributed by atoms with Crippen molar-refractivity contribution in [2.24, 2.45) is 5.92 Å². The lowest BCUT2D eigenvalue weighted by atomic mass is 10.0. The minimum Gasteiger partial charge on any atom is -0.0976 e. The summed E-state index contributed by atoms with van der Waals surface area (Å²) < 4.78 is 0. The van der Waals surface area contributed by atoms with Crippen LogP contribution < -0.4 is 0 Å². The molecule has 0 heterocycles. The van der Waals surface area contributed by atoms with Crippen LogP contribution in [0.1, 0.15) is 51.2 Å². The number of hydrogen-bond acceptors (Lipinski definition) is 0. The maximum Gasteiger partial charge on any atom is 0.0245 e. The predicted octanol–water partition coefficient (Wildman–Crippen LogP) is 4.21. The summed E-state index contributed by atoms with van der Waals surface area (Å²) in [5, 5.41) is 0. The molecule has 0 aliphatic heterocycles. The summed E-state index contributed by atoms with van der Waals surface area (Å²) in [4.78, 5) is 0. The Labute approximate surface area is 93.7 Å². The number of hydrogen-bond donors (Lipinski definition) is 0. The van der Waals surface area contributed by atoms with Crippen molar-refractivity contribution in [3.8, 4) is 11.8 Å². The zero-order valence-electron chi connectivity index (χ0n) is 10.2. The second-order valence-corrected chi connectivity index (χ2v) is 4.68. The number of benzene rings is 1. The van der Waals surface area contributed by atoms with Crippen molar-refractivity contribution in [1.82, 2.24) is 0 Å². The van der Waals surface area contributed by atoms with E-state index in [2.05, 4.69) is 63.8 Å². The van der Waals surface area contributed by atoms with Gasteiger partial charge in [-0.1, -0.05) is 51.7 Å². The van der Waals surface area contributed by atoms with Crippen LogP contribution >= 0.6 is 0 Å². The highest BCUT2D eigenvalue weighted by Crippen LogP contribution is 2.14. The third-order valence-corrected chi connectivity index (χ3v) is 2.32. The second kappa shape index (κ2) is 5.61. The summed E-state index contributed by atoms with van der Waals surface area (Å²) in [6.45, 7) is 8.80. The maximum atomic E-state index is 3.20. The summed E-state index contributed by atoms with van der Waals surface area (Å²) in [5.41, 5.74) is 2.50. The van der Waals surface area contributed by atoms with Crippen LogP contribution in [0.25, 0.3) is 0 Å². The summed E-state index contributed by atoms with van der Waals surface area (Å²) in [5.74, 6) is 7.65. The molecule has 0 atom stereocenters. The van der Waals surface area contributed by atoms with E-state index in [0.29, 0.717) is 11.8 Å². The van der Waals surface area contributed by atoms with Crippen molar-refractivity contribution in [3.05, 3.63) is 35.4 Å². The lowest BCUT2D eigenvalue weighted by Gasteiger charge is -2.03. The lowest BCUT2D eigenvalue weighted by Crippen LogP contribution is -1.86. The van der Waals surface area contributed by atoms with Crippen molar-refractivity contribution >= 4 is 0 Å². The number of rotatable bonds is 2. The van der Waals surface area contributed by atoms with Gasteiger partial charge in [0, 0.05) is 12.0 Å². The van der Waals surface area contributed by atoms with E-state index in [1.54, 1.807) is 0 Å². The van der Waals surface area contributed by atoms with Gasteiger partial charge in [-0.3, -0.25) is 0 Å². The van der Waals surface area contributed by atoms with Gasteiger partial charge in [-0.2, -0.15) is 0 Å². The molecular weight excluding hydrogens is 180 g/mol. The molecule has 0 saturated carbocycles. The van der Waals surface area contributed by atoms with Crippen molar-refractivity contribution in [3.63, 3.8) is 0 Å². The minimum atomic E-state index is 0.600. The van der Waals surface area contributed by atoms with E-state index < -0.39 is 0 Å². The van der Waals surface area contributed by atoms with Gasteiger partial charge in [0.05, 0.1) is 0 Å². The molecule has 0 amide bonds. The van der Waals surface area contributed by atoms with Crippen molar-refractivity contribution < 1.29 is 0 Å². The van der Waals surface area contributed by atoms with Crippen LogP contribution in [0.15, 0.2) is 24.3 Å². The maximum absolute atomic E-state index is 3.20. The first-order valence-electron chi connectivity index (χ1n) is 5.68. The molecule has 0 N–H and O–H groups in total. The molecule has 0 fully saturated rings. The van der Waals surface area contributed by atoms with E-state index in [9.17, 15) is 0 Å². The molecule has 0 spiro atoms. The zero-order valence-corrected chi connectivity index (χ0v) is 10.2. The Morgan fingerprint density at radius 2 is 1.60 bits per heavy atom. The first-order chi connectivity index (χ1) is 7.09. The molecule has 80 valence electrons. The molecular formula is C15H20. The van der Waals surface area contributed by atoms with Gasteiger partial charge in [0.2, 0.25) is 0 Å². The van der Waals surface area contributed by atoms with E-state index in [4.69, 9.17) is 0 Å². The van der Waals surface area contributed by atoms with Crippen LogP contribution in [-0.4, -0.2) is 0 Å². The molecule has 1 aromatic rings. The Bertz CT molecular complexity index is 344. The van der Waals surface area contributed by atoms with Gasteiger partial charge in [0.1, 0.15) is 0 Å². The van der Waals surface area contributed by atoms with Crippen LogP contribution in [0.5, 0.6) is 0 Å². The fourth-order valence-electron chi connectivity index (χ4n) is 1.31. The largest absolute Gasteiger partial charge is 0.0976 e. The zero-order chi connectivity index (χ0) is 11.3. The summed E-state index contributed by atoms with van der Waals surface area (Å²) in [6, 6.07) is 8.57. The molecule has 15 heavy (non-hydrogen) atoms. The average molecular weight is 200 g/mol. The fourth-order valence-corrected chi connectivity index (χ4v) is 1.31. The highest BCUT2D eigenvalue weighted by atomic mass is 14.0. The van der Waals surface area contributed by atoms with Gasteiger partial charge in [-0.25, -0.2) is 0 Å². The molecule has 0 aliphatic rings. The Morgan fingerprint density at radius 3 is 2.07 bits per heavy atom. The standard InChI is InChI=1S/C15H20/c1-12(2)6-5-7-14-8-10-15(11-9-14)13(3)4/h8-13H,6H2,1-4H3. The summed E-state index contributed by atoms with van der Waals surface area (Å²) in [6.07, 6.45) is 0.978. The van der Waals surface area contributed by atoms with Crippen LogP contribution in [-0.2, 0) is 0 Å². The predicted molar refractivity (Wildman–Crippen MR) is 66.9 cm³/mol. The minimum absolute atomic E-state index is 0.600. The van der Waals surface area contributed by atoms with Crippen LogP contribution in [0.3, 0.4) is 0 Å². The molecule has 1 rings (SSSR count). The second-order valence-electron chi connectivity index (χ2n) is 4.68. The topological polar surface area (TPSA) is 0 Å². The normalized spacial score (nSPS) is 10.3. The first-order valence-corrected chi connectivity index (χ1v) is 5.68. The molecule has 0 radical (unpaired) electrons. The van der Waals surface area contributed by atoms with Gasteiger partial charge in [-0.05, 0) is 29.5 Å². The van der Waals surface area contributed by atoms with E-state index in [0.717, 1.165) is 12.0 Å². The molecule has 0 bridgehead atoms. The first kappa shape index (κ1) is 11.9. The van der Waals surface area contributed by atoms with Crippen molar-refractivity contribution in [2.75, 3.05) is 0 Å². The molecule has 0 saturated heterocycles. The Kier molecular flexibility index (Phi) is 4.43. The van der Waals surface area contributed by atoms with Gasteiger partial charge < -0.3 is 0 Å². The van der Waals surface area contributed by atoms with Crippen LogP contribution in [0, 0.1) is 17.8 Å². The van der Waals surface area contributed by atoms with Crippen molar-refractivity contribution in [1.29, 1.82) is 0 Å². The molecule has 1 aromatic carbocycles. The van der Waals surface area contributed by atoms with Crippen LogP contribution in [0.2, 0.25) is 0 Å². The third kappa shape index (κ3) is 4.21. The SMILES string of the molecule is CC(C)CC#Cc1ccc(C(C)C)cc1. The quantitative estimate of drug-likeness (QED) is 0.627. The molecule has 0 heteroatoms. The Balaban J connectivity index is 2.67. The average Bonchev–Trinajstić information content (AvgIpc) is 2.18. The lowest BCUT2D eigenvalue weighted by molar-refractivity contribution is 0.676. The van der Waals surface area contributed by atoms with E-state index >= 15 is 0 Å². The molecule has 0 nitrogen and oxygen atoms in total. The fraction of sp³-hybridized carbons (Fsp3) is 0.467. The van der Waals surface area contributed by atoms with Crippen LogP contribution in [0.4, 0.5) is 0 Å². The monoisotopic (exact) mass is 200 g/mol. The van der Waals surface area contributed by atoms with E-state index in [-0.39, 0.29) is 0 Å². The van der Waals surface area contributed by atoms with Gasteiger partial charge in [0.25, 0.3) is 0 Å². The highest BCUT2D eigenvalue weighted by molar-refractivity contribution is 5.36. The molecule has 0 aliphatic carbocycles. The van der Waals surface area contributed by atoms with E-state index in [1.165, 1.54) is 5.56 Å². The Hall–Kier alpha value is -1.22.